The standard InChI is InChI=1S/C20H28N4O2S/c1-14(2)24(15(3)4)11-10-21-18(25)12-17-13-27-20(22-17)23-19(26)16-8-6-5-7-9-16/h5-9,13-15H,10-12H2,1-4H3,(H,21,25)(H,22,23,26). The van der Waals surface area contributed by atoms with Gasteiger partial charge in [0.1, 0.15) is 0 Å². The number of hydrogen-bond donors (Lipinski definition) is 2. The van der Waals surface area contributed by atoms with E-state index >= 15 is 0 Å². The molecule has 0 fully saturated rings. The first-order chi connectivity index (χ1) is 12.9. The summed E-state index contributed by atoms with van der Waals surface area (Å²) in [5.74, 6) is -0.267. The molecule has 0 atom stereocenters. The molecule has 6 nitrogen and oxygen atoms in total. The molecule has 0 aliphatic heterocycles. The highest BCUT2D eigenvalue weighted by molar-refractivity contribution is 7.14. The third kappa shape index (κ3) is 6.77. The smallest absolute Gasteiger partial charge is 0.257 e. The Kier molecular flexibility index (Phi) is 7.94. The lowest BCUT2D eigenvalue weighted by Crippen LogP contribution is -2.42. The molecule has 0 radical (unpaired) electrons. The molecule has 0 spiro atoms. The normalized spacial score (nSPS) is 11.2. The van der Waals surface area contributed by atoms with Crippen molar-refractivity contribution in [3.05, 3.63) is 47.0 Å². The summed E-state index contributed by atoms with van der Waals surface area (Å²) in [6, 6.07) is 9.85. The maximum atomic E-state index is 12.1. The van der Waals surface area contributed by atoms with Gasteiger partial charge in [-0.25, -0.2) is 4.98 Å². The first-order valence-electron chi connectivity index (χ1n) is 9.20. The average molecular weight is 389 g/mol. The van der Waals surface area contributed by atoms with Crippen LogP contribution in [0.1, 0.15) is 43.7 Å². The molecule has 27 heavy (non-hydrogen) atoms. The highest BCUT2D eigenvalue weighted by Gasteiger charge is 2.14. The Hall–Kier alpha value is -2.25. The van der Waals surface area contributed by atoms with Gasteiger partial charge in [-0.1, -0.05) is 18.2 Å². The number of thiazole rings is 1. The first kappa shape index (κ1) is 21.1. The van der Waals surface area contributed by atoms with E-state index in [0.717, 1.165) is 6.54 Å². The fraction of sp³-hybridized carbons (Fsp3) is 0.450. The van der Waals surface area contributed by atoms with Gasteiger partial charge in [0, 0.05) is 36.1 Å². The largest absolute Gasteiger partial charge is 0.354 e. The zero-order valence-corrected chi connectivity index (χ0v) is 17.2. The number of hydrogen-bond acceptors (Lipinski definition) is 5. The van der Waals surface area contributed by atoms with E-state index in [1.54, 1.807) is 17.5 Å². The van der Waals surface area contributed by atoms with Crippen LogP contribution in [0.25, 0.3) is 0 Å². The predicted molar refractivity (Wildman–Crippen MR) is 110 cm³/mol. The highest BCUT2D eigenvalue weighted by atomic mass is 32.1. The number of nitrogens with zero attached hydrogens (tertiary/aromatic N) is 2. The first-order valence-corrected chi connectivity index (χ1v) is 10.1. The van der Waals surface area contributed by atoms with Crippen LogP contribution in [0, 0.1) is 0 Å². The Bertz CT molecular complexity index is 735. The maximum Gasteiger partial charge on any atom is 0.257 e. The van der Waals surface area contributed by atoms with Crippen molar-refractivity contribution >= 4 is 28.3 Å². The number of rotatable bonds is 9. The van der Waals surface area contributed by atoms with Crippen molar-refractivity contribution in [2.24, 2.45) is 0 Å². The predicted octanol–water partition coefficient (Wildman–Crippen LogP) is 3.17. The number of nitrogens with one attached hydrogen (secondary N) is 2. The number of carbonyl (C=O) groups is 2. The molecule has 0 aliphatic carbocycles. The molecule has 0 saturated heterocycles. The van der Waals surface area contributed by atoms with Gasteiger partial charge in [-0.2, -0.15) is 0 Å². The summed E-state index contributed by atoms with van der Waals surface area (Å²) < 4.78 is 0. The van der Waals surface area contributed by atoms with E-state index in [4.69, 9.17) is 0 Å². The topological polar surface area (TPSA) is 74.3 Å². The Morgan fingerprint density at radius 2 is 1.78 bits per heavy atom. The van der Waals surface area contributed by atoms with Crippen molar-refractivity contribution in [2.45, 2.75) is 46.2 Å². The molecule has 7 heteroatoms. The minimum Gasteiger partial charge on any atom is -0.354 e. The van der Waals surface area contributed by atoms with Crippen LogP contribution >= 0.6 is 11.3 Å². The molecule has 1 heterocycles. The molecule has 146 valence electrons. The molecule has 0 aliphatic rings. The Morgan fingerprint density at radius 3 is 2.41 bits per heavy atom. The quantitative estimate of drug-likeness (QED) is 0.692. The lowest BCUT2D eigenvalue weighted by Gasteiger charge is -2.30. The zero-order valence-electron chi connectivity index (χ0n) is 16.4. The van der Waals surface area contributed by atoms with Gasteiger partial charge < -0.3 is 5.32 Å². The lowest BCUT2D eigenvalue weighted by atomic mass is 10.2. The van der Waals surface area contributed by atoms with E-state index < -0.39 is 0 Å². The molecule has 0 saturated carbocycles. The van der Waals surface area contributed by atoms with Crippen LogP contribution in [-0.2, 0) is 11.2 Å². The molecule has 2 amide bonds. The number of benzene rings is 1. The summed E-state index contributed by atoms with van der Waals surface area (Å²) in [7, 11) is 0. The van der Waals surface area contributed by atoms with Crippen LogP contribution in [0.4, 0.5) is 5.13 Å². The van der Waals surface area contributed by atoms with Crippen molar-refractivity contribution in [2.75, 3.05) is 18.4 Å². The summed E-state index contributed by atoms with van der Waals surface area (Å²) in [6.45, 7) is 10.0. The summed E-state index contributed by atoms with van der Waals surface area (Å²) in [5, 5.41) is 8.01. The molecule has 0 bridgehead atoms. The summed E-state index contributed by atoms with van der Waals surface area (Å²) in [6.07, 6.45) is 0.209. The second kappa shape index (κ2) is 10.2. The van der Waals surface area contributed by atoms with E-state index in [0.29, 0.717) is 35.0 Å². The van der Waals surface area contributed by atoms with Crippen LogP contribution in [-0.4, -0.2) is 46.9 Å². The van der Waals surface area contributed by atoms with Crippen LogP contribution in [0.2, 0.25) is 0 Å². The van der Waals surface area contributed by atoms with Crippen molar-refractivity contribution < 1.29 is 9.59 Å². The fourth-order valence-electron chi connectivity index (χ4n) is 2.87. The van der Waals surface area contributed by atoms with Gasteiger partial charge in [-0.05, 0) is 39.8 Å². The van der Waals surface area contributed by atoms with E-state index in [1.807, 2.05) is 18.2 Å². The minimum absolute atomic E-state index is 0.0614. The van der Waals surface area contributed by atoms with Gasteiger partial charge in [-0.15, -0.1) is 11.3 Å². The van der Waals surface area contributed by atoms with Gasteiger partial charge >= 0.3 is 0 Å². The zero-order chi connectivity index (χ0) is 19.8. The van der Waals surface area contributed by atoms with E-state index in [1.165, 1.54) is 11.3 Å². The number of carbonyl (C=O) groups excluding carboxylic acids is 2. The van der Waals surface area contributed by atoms with Crippen molar-refractivity contribution in [3.63, 3.8) is 0 Å². The van der Waals surface area contributed by atoms with Crippen molar-refractivity contribution in [3.8, 4) is 0 Å². The van der Waals surface area contributed by atoms with E-state index in [2.05, 4.69) is 48.2 Å². The minimum atomic E-state index is -0.205. The van der Waals surface area contributed by atoms with Crippen LogP contribution in [0.15, 0.2) is 35.7 Å². The molecule has 1 aromatic heterocycles. The molecule has 2 rings (SSSR count). The van der Waals surface area contributed by atoms with Gasteiger partial charge in [0.15, 0.2) is 5.13 Å². The Labute approximate surface area is 165 Å². The number of amides is 2. The number of anilines is 1. The van der Waals surface area contributed by atoms with Crippen LogP contribution in [0.5, 0.6) is 0 Å². The summed E-state index contributed by atoms with van der Waals surface area (Å²) in [5.41, 5.74) is 1.23. The fourth-order valence-corrected chi connectivity index (χ4v) is 3.57. The Morgan fingerprint density at radius 1 is 1.11 bits per heavy atom. The molecule has 2 N–H and O–H groups in total. The third-order valence-electron chi connectivity index (χ3n) is 4.17. The van der Waals surface area contributed by atoms with Crippen molar-refractivity contribution in [1.29, 1.82) is 0 Å². The van der Waals surface area contributed by atoms with E-state index in [9.17, 15) is 9.59 Å². The molecule has 2 aromatic rings. The molecular formula is C20H28N4O2S. The summed E-state index contributed by atoms with van der Waals surface area (Å²) >= 11 is 1.32. The number of aromatic nitrogens is 1. The second-order valence-corrected chi connectivity index (χ2v) is 7.77. The van der Waals surface area contributed by atoms with Gasteiger partial charge in [0.05, 0.1) is 12.1 Å². The second-order valence-electron chi connectivity index (χ2n) is 6.92. The monoisotopic (exact) mass is 388 g/mol. The third-order valence-corrected chi connectivity index (χ3v) is 4.98. The van der Waals surface area contributed by atoms with E-state index in [-0.39, 0.29) is 18.2 Å². The highest BCUT2D eigenvalue weighted by Crippen LogP contribution is 2.17. The lowest BCUT2D eigenvalue weighted by molar-refractivity contribution is -0.120. The SMILES string of the molecule is CC(C)N(CCNC(=O)Cc1csc(NC(=O)c2ccccc2)n1)C(C)C. The average Bonchev–Trinajstić information content (AvgIpc) is 3.05. The van der Waals surface area contributed by atoms with Crippen LogP contribution < -0.4 is 10.6 Å². The molecule has 0 unspecified atom stereocenters. The molecule has 1 aromatic carbocycles. The van der Waals surface area contributed by atoms with Gasteiger partial charge in [-0.3, -0.25) is 19.8 Å². The molecular weight excluding hydrogens is 360 g/mol. The maximum absolute atomic E-state index is 12.1. The summed E-state index contributed by atoms with van der Waals surface area (Å²) in [4.78, 5) is 30.9. The van der Waals surface area contributed by atoms with Crippen LogP contribution in [0.3, 0.4) is 0 Å². The van der Waals surface area contributed by atoms with Gasteiger partial charge in [0.25, 0.3) is 5.91 Å². The van der Waals surface area contributed by atoms with Gasteiger partial charge in [0.2, 0.25) is 5.91 Å². The Balaban J connectivity index is 1.79. The van der Waals surface area contributed by atoms with Crippen molar-refractivity contribution in [1.82, 2.24) is 15.2 Å².